The molecule has 1 aliphatic heterocycles. The van der Waals surface area contributed by atoms with E-state index < -0.39 is 82.7 Å². The number of carbonyl (C=O) groups is 8. The maximum absolute atomic E-state index is 13.6. The Hall–Kier alpha value is -15.7. The number of esters is 3. The van der Waals surface area contributed by atoms with Crippen molar-refractivity contribution in [1.82, 2.24) is 25.3 Å². The fraction of sp³-hybridized carbons (Fsp3) is 0.272. The molecule has 149 heavy (non-hydrogen) atoms. The van der Waals surface area contributed by atoms with E-state index in [1.54, 1.807) is 129 Å². The number of ether oxygens (including phenoxy) is 10. The van der Waals surface area contributed by atoms with E-state index >= 15 is 0 Å². The molecule has 5 N–H and O–H groups in total. The molecule has 0 aromatic heterocycles. The summed E-state index contributed by atoms with van der Waals surface area (Å²) < 4.78 is 121. The van der Waals surface area contributed by atoms with E-state index in [2.05, 4.69) is 25.1 Å². The second-order valence-corrected chi connectivity index (χ2v) is 34.7. The maximum atomic E-state index is 13.6. The summed E-state index contributed by atoms with van der Waals surface area (Å²) in [5, 5.41) is 24.6. The number of amides is 5. The molecule has 0 bridgehead atoms. The fourth-order valence-corrected chi connectivity index (χ4v) is 13.9. The third-order valence-corrected chi connectivity index (χ3v) is 21.3. The third kappa shape index (κ3) is 37.6. The molecule has 1 aliphatic rings. The second-order valence-electron chi connectivity index (χ2n) is 34.7. The zero-order valence-electron chi connectivity index (χ0n) is 86.0. The molecule has 3 atom stereocenters. The first-order valence-corrected chi connectivity index (χ1v) is 46.8. The molecule has 3 radical (unpaired) electrons. The molecule has 5 amide bonds. The van der Waals surface area contributed by atoms with E-state index in [4.69, 9.17) is 66.8 Å². The Morgan fingerprint density at radius 3 is 1.10 bits per heavy atom. The number of carbonyl (C=O) groups excluding carboxylic acids is 8. The molecule has 0 spiro atoms. The van der Waals surface area contributed by atoms with Gasteiger partial charge in [0.1, 0.15) is 85.7 Å². The van der Waals surface area contributed by atoms with Crippen LogP contribution in [0.15, 0.2) is 261 Å². The van der Waals surface area contributed by atoms with E-state index in [0.29, 0.717) is 76.2 Å². The Morgan fingerprint density at radius 1 is 0.423 bits per heavy atom. The summed E-state index contributed by atoms with van der Waals surface area (Å²) in [5.74, 6) is -15.1. The molecule has 35 heteroatoms. The van der Waals surface area contributed by atoms with Crippen molar-refractivity contribution in [3.05, 3.63) is 396 Å². The largest absolute Gasteiger partial charge is 1.00 e. The minimum atomic E-state index is -2.37. The molecule has 1 saturated heterocycles. The Bertz CT molecular complexity index is 6590. The molecular formula is C114H117BF5N9NaO19. The summed E-state index contributed by atoms with van der Waals surface area (Å²) in [7, 11) is 10.00. The molecule has 771 valence electrons. The molecule has 1 fully saturated rings. The van der Waals surface area contributed by atoms with Crippen molar-refractivity contribution in [3.8, 4) is 46.3 Å². The van der Waals surface area contributed by atoms with Crippen LogP contribution in [-0.2, 0) is 76.1 Å². The van der Waals surface area contributed by atoms with E-state index in [-0.39, 0.29) is 149 Å². The zero-order chi connectivity index (χ0) is 107. The maximum Gasteiger partial charge on any atom is 1.00 e. The minimum absolute atomic E-state index is 0. The standard InChI is InChI=1S/C37H37N3O6.C30H33N3O5.C26H28N2O4.C17H10F5NO3.C4H8O.B.Na.H/c1-25(2)46-34-19-17-29(22-31(34)38-3)35(41)39-32(37(43)45-24-27-14-10-7-11-15-27)21-28-16-18-33(30(20-28)36(42)40(4)5)44-23-26-12-8-6-9-13-26;1-20(2)38-28-14-12-23(17-26(28)31-3)29(35)32-24(18-34)15-22-11-13-27(25(16-22)30(36)33(4)5)37-19-21-9-7-6-8-10-21;1-28(2)25(29)22-15-21(13-14-24(22)31-17-19-9-5-3-6-10-19)16-23(27)26(30)32-18-20-11-7-4-8-12-20;1-7(2)25-10-4-3-8(5-9(10)6-23)17(24)26-16-14(21)12(19)11(18)13(20)15(16)22;1-2-4-5-3-1;;;/h6-20,22,25,32H,21,23-24H2,1-2,4-5H3,(H,39,41);6-14,16-17,20,24,34H,15,18-19H2,1-2,4-5H3,(H,32,35);3-15,23H,16-18,27H2,1-2H3;3-5,7H,1-2H3;1-4H2;;;/q;;;;;;+1;-1. The van der Waals surface area contributed by atoms with Gasteiger partial charge in [-0.15, -0.1) is 0 Å². The number of rotatable bonds is 37. The van der Waals surface area contributed by atoms with E-state index in [0.717, 1.165) is 64.3 Å². The first-order chi connectivity index (χ1) is 70.5. The molecule has 13 rings (SSSR count). The molecule has 28 nitrogen and oxygen atoms in total. The number of nitrogens with two attached hydrogens (primary N) is 1. The predicted octanol–water partition coefficient (Wildman–Crippen LogP) is 16.4. The van der Waals surface area contributed by atoms with E-state index in [9.17, 15) is 65.4 Å². The first-order valence-electron chi connectivity index (χ1n) is 46.8. The average Bonchev–Trinajstić information content (AvgIpc) is 0.802. The van der Waals surface area contributed by atoms with Gasteiger partial charge in [0.15, 0.2) is 0 Å². The summed E-state index contributed by atoms with van der Waals surface area (Å²) in [6.07, 6.45) is 2.61. The monoisotopic (exact) mass is 2040 g/mol. The van der Waals surface area contributed by atoms with Crippen LogP contribution >= 0.6 is 0 Å². The van der Waals surface area contributed by atoms with Crippen LogP contribution in [0.3, 0.4) is 0 Å². The number of halogens is 5. The van der Waals surface area contributed by atoms with E-state index in [1.165, 1.54) is 45.7 Å². The minimum Gasteiger partial charge on any atom is -1.00 e. The predicted molar refractivity (Wildman–Crippen MR) is 549 cm³/mol. The Labute approximate surface area is 889 Å². The van der Waals surface area contributed by atoms with E-state index in [1.807, 2.05) is 191 Å². The molecule has 0 aliphatic carbocycles. The number of nitriles is 1. The van der Waals surface area contributed by atoms with Crippen molar-refractivity contribution in [2.45, 2.75) is 143 Å². The van der Waals surface area contributed by atoms with Gasteiger partial charge >= 0.3 is 47.5 Å². The van der Waals surface area contributed by atoms with Crippen LogP contribution in [-0.4, -0.2) is 174 Å². The van der Waals surface area contributed by atoms with Gasteiger partial charge in [-0.3, -0.25) is 28.8 Å². The van der Waals surface area contributed by atoms with Crippen LogP contribution in [0.1, 0.15) is 168 Å². The van der Waals surface area contributed by atoms with Gasteiger partial charge in [0, 0.05) is 81.5 Å². The van der Waals surface area contributed by atoms with Crippen LogP contribution in [0.2, 0.25) is 0 Å². The summed E-state index contributed by atoms with van der Waals surface area (Å²) in [5.41, 5.74) is 14.4. The number of hydrogen-bond acceptors (Lipinski definition) is 21. The number of nitrogens with zero attached hydrogens (tertiary/aromatic N) is 6. The number of aliphatic hydroxyl groups excluding tert-OH is 1. The van der Waals surface area contributed by atoms with Gasteiger partial charge in [-0.05, 0) is 203 Å². The Balaban J connectivity index is 0.000000303. The van der Waals surface area contributed by atoms with Crippen LogP contribution in [0.4, 0.5) is 33.3 Å². The Morgan fingerprint density at radius 2 is 0.752 bits per heavy atom. The molecular weight excluding hydrogens is 1930 g/mol. The van der Waals surface area contributed by atoms with Gasteiger partial charge in [0.05, 0.1) is 71.9 Å². The smallest absolute Gasteiger partial charge is 1.00 e. The summed E-state index contributed by atoms with van der Waals surface area (Å²) >= 11 is 0. The van der Waals surface area contributed by atoms with Crippen molar-refractivity contribution < 1.29 is 144 Å². The Kier molecular flexibility index (Phi) is 49.2. The van der Waals surface area contributed by atoms with Gasteiger partial charge in [-0.25, -0.2) is 32.5 Å². The molecule has 3 unspecified atom stereocenters. The molecule has 12 aromatic carbocycles. The van der Waals surface area contributed by atoms with Gasteiger partial charge in [0.25, 0.3) is 23.6 Å². The quantitative estimate of drug-likeness (QED) is 0.00534. The summed E-state index contributed by atoms with van der Waals surface area (Å²) in [4.78, 5) is 114. The SMILES string of the molecule is C1CCOC1.CC(C)Oc1ccc(C(=O)Oc2c(F)c(F)c(F)c(F)c2F)cc1C#N.CN(C)C(=O)c1cc(CC(N)C(=O)OCc2ccccc2)ccc1OCc1ccccc1.[B].[C-]#[N+]c1cc(C(=O)NC(CO)Cc2ccc(OCc3ccccc3)c(C(=O)N(C)C)c2)ccc1OC(C)C.[C-]#[N+]c1cc(C(=O)NC(Cc2ccc(OCc3ccccc3)c(C(=O)N(C)C)c2)C(=O)OCc2ccccc2)ccc1OC(C)C.[H-].[Na+]. The van der Waals surface area contributed by atoms with Gasteiger partial charge < -0.3 is 85.0 Å². The van der Waals surface area contributed by atoms with Gasteiger partial charge in [0.2, 0.25) is 52.1 Å². The summed E-state index contributed by atoms with van der Waals surface area (Å²) in [6.45, 7) is 28.6. The van der Waals surface area contributed by atoms with Crippen LogP contribution in [0.25, 0.3) is 9.69 Å². The van der Waals surface area contributed by atoms with Crippen LogP contribution < -0.4 is 79.1 Å². The summed E-state index contributed by atoms with van der Waals surface area (Å²) in [6, 6.07) is 75.1. The molecule has 1 heterocycles. The van der Waals surface area contributed by atoms with Crippen molar-refractivity contribution in [1.29, 1.82) is 5.26 Å². The van der Waals surface area contributed by atoms with Crippen molar-refractivity contribution in [3.63, 3.8) is 0 Å². The number of aliphatic hydroxyl groups is 1. The normalized spacial score (nSPS) is 11.5. The van der Waals surface area contributed by atoms with Crippen molar-refractivity contribution in [2.75, 3.05) is 62.1 Å². The van der Waals surface area contributed by atoms with Gasteiger partial charge in [-0.1, -0.05) is 170 Å². The average molecular weight is 2050 g/mol. The molecule has 0 saturated carbocycles. The van der Waals surface area contributed by atoms with Crippen molar-refractivity contribution in [2.24, 2.45) is 5.73 Å². The second kappa shape index (κ2) is 61.0. The fourth-order valence-electron chi connectivity index (χ4n) is 13.9. The van der Waals surface area contributed by atoms with Crippen LogP contribution in [0, 0.1) is 53.6 Å². The number of nitrogens with one attached hydrogen (secondary N) is 2. The van der Waals surface area contributed by atoms with Gasteiger partial charge in [-0.2, -0.15) is 14.0 Å². The topological polar surface area (TPSA) is 341 Å². The number of hydrogen-bond donors (Lipinski definition) is 4. The third-order valence-electron chi connectivity index (χ3n) is 21.3. The van der Waals surface area contributed by atoms with Crippen molar-refractivity contribution >= 4 is 67.2 Å². The van der Waals surface area contributed by atoms with Crippen LogP contribution in [0.5, 0.6) is 40.2 Å². The zero-order valence-corrected chi connectivity index (χ0v) is 87.0. The molecule has 12 aromatic rings. The number of benzene rings is 12. The first kappa shape index (κ1) is 120.